The average Bonchev–Trinajstić information content (AvgIpc) is 2.21. The smallest absolute Gasteiger partial charge is 0.249 e. The zero-order chi connectivity index (χ0) is 11.6. The number of piperazine rings is 1. The SMILES string of the molecule is CC[C@@H](N)C(=O)N1CC(=O)NC(=O)C1C. The monoisotopic (exact) mass is 213 g/mol. The molecule has 3 amide bonds. The van der Waals surface area contributed by atoms with E-state index in [0.717, 1.165) is 0 Å². The van der Waals surface area contributed by atoms with E-state index in [1.807, 2.05) is 0 Å². The molecule has 1 aliphatic heterocycles. The van der Waals surface area contributed by atoms with Crippen molar-refractivity contribution in [3.8, 4) is 0 Å². The highest BCUT2D eigenvalue weighted by atomic mass is 16.2. The molecule has 2 atom stereocenters. The number of hydrogen-bond donors (Lipinski definition) is 2. The Morgan fingerprint density at radius 2 is 2.27 bits per heavy atom. The van der Waals surface area contributed by atoms with E-state index in [2.05, 4.69) is 5.32 Å². The van der Waals surface area contributed by atoms with E-state index in [1.165, 1.54) is 4.90 Å². The number of carbonyl (C=O) groups is 3. The highest BCUT2D eigenvalue weighted by Crippen LogP contribution is 2.07. The van der Waals surface area contributed by atoms with Crippen molar-refractivity contribution in [2.24, 2.45) is 5.73 Å². The second-order valence-corrected chi connectivity index (χ2v) is 3.57. The van der Waals surface area contributed by atoms with Gasteiger partial charge in [-0.25, -0.2) is 0 Å². The summed E-state index contributed by atoms with van der Waals surface area (Å²) in [5.41, 5.74) is 5.57. The molecule has 1 aliphatic rings. The van der Waals surface area contributed by atoms with E-state index in [9.17, 15) is 14.4 Å². The normalized spacial score (nSPS) is 23.7. The average molecular weight is 213 g/mol. The minimum Gasteiger partial charge on any atom is -0.320 e. The molecule has 15 heavy (non-hydrogen) atoms. The lowest BCUT2D eigenvalue weighted by atomic mass is 10.1. The molecule has 1 saturated heterocycles. The molecule has 6 heteroatoms. The van der Waals surface area contributed by atoms with Crippen LogP contribution >= 0.6 is 0 Å². The summed E-state index contributed by atoms with van der Waals surface area (Å²) in [6.45, 7) is 3.25. The molecule has 1 heterocycles. The predicted molar refractivity (Wildman–Crippen MR) is 52.6 cm³/mol. The van der Waals surface area contributed by atoms with E-state index < -0.39 is 23.9 Å². The molecule has 84 valence electrons. The predicted octanol–water partition coefficient (Wildman–Crippen LogP) is -1.40. The Morgan fingerprint density at radius 3 is 2.80 bits per heavy atom. The highest BCUT2D eigenvalue weighted by Gasteiger charge is 2.34. The second kappa shape index (κ2) is 4.39. The number of nitrogens with one attached hydrogen (secondary N) is 1. The van der Waals surface area contributed by atoms with Gasteiger partial charge in [-0.1, -0.05) is 6.92 Å². The Balaban J connectivity index is 2.79. The van der Waals surface area contributed by atoms with E-state index in [1.54, 1.807) is 13.8 Å². The summed E-state index contributed by atoms with van der Waals surface area (Å²) in [4.78, 5) is 35.3. The summed E-state index contributed by atoms with van der Waals surface area (Å²) in [5.74, 6) is -1.27. The highest BCUT2D eigenvalue weighted by molar-refractivity contribution is 6.04. The lowest BCUT2D eigenvalue weighted by Gasteiger charge is -2.33. The molecule has 6 nitrogen and oxygen atoms in total. The Labute approximate surface area is 87.8 Å². The summed E-state index contributed by atoms with van der Waals surface area (Å²) in [6, 6.07) is -1.28. The third kappa shape index (κ3) is 2.33. The van der Waals surface area contributed by atoms with Crippen molar-refractivity contribution in [2.75, 3.05) is 6.54 Å². The molecule has 0 aromatic heterocycles. The van der Waals surface area contributed by atoms with E-state index in [-0.39, 0.29) is 12.5 Å². The first-order valence-corrected chi connectivity index (χ1v) is 4.87. The van der Waals surface area contributed by atoms with Gasteiger partial charge in [0.25, 0.3) is 0 Å². The molecule has 0 spiro atoms. The van der Waals surface area contributed by atoms with Gasteiger partial charge in [0.1, 0.15) is 12.6 Å². The maximum absolute atomic E-state index is 11.7. The van der Waals surface area contributed by atoms with E-state index >= 15 is 0 Å². The number of nitrogens with two attached hydrogens (primary N) is 1. The van der Waals surface area contributed by atoms with Gasteiger partial charge in [-0.15, -0.1) is 0 Å². The lowest BCUT2D eigenvalue weighted by Crippen LogP contribution is -2.61. The Bertz CT molecular complexity index is 303. The fourth-order valence-corrected chi connectivity index (χ4v) is 1.37. The molecule has 1 rings (SSSR count). The van der Waals surface area contributed by atoms with Gasteiger partial charge in [0.15, 0.2) is 0 Å². The zero-order valence-electron chi connectivity index (χ0n) is 8.82. The first kappa shape index (κ1) is 11.6. The van der Waals surface area contributed by atoms with Crippen molar-refractivity contribution in [1.29, 1.82) is 0 Å². The Hall–Kier alpha value is -1.43. The molecular formula is C9H15N3O3. The number of carbonyl (C=O) groups excluding carboxylic acids is 3. The van der Waals surface area contributed by atoms with E-state index in [4.69, 9.17) is 5.73 Å². The largest absolute Gasteiger partial charge is 0.320 e. The van der Waals surface area contributed by atoms with Gasteiger partial charge in [-0.3, -0.25) is 19.7 Å². The van der Waals surface area contributed by atoms with Gasteiger partial charge in [0, 0.05) is 0 Å². The molecule has 0 bridgehead atoms. The molecule has 1 unspecified atom stereocenters. The van der Waals surface area contributed by atoms with Crippen LogP contribution in [0.1, 0.15) is 20.3 Å². The molecule has 0 saturated carbocycles. The summed E-state index contributed by atoms with van der Waals surface area (Å²) in [7, 11) is 0. The number of imide groups is 1. The van der Waals surface area contributed by atoms with Crippen LogP contribution in [0.3, 0.4) is 0 Å². The number of amides is 3. The van der Waals surface area contributed by atoms with Gasteiger partial charge in [-0.2, -0.15) is 0 Å². The van der Waals surface area contributed by atoms with Gasteiger partial charge in [0.05, 0.1) is 6.04 Å². The summed E-state index contributed by atoms with van der Waals surface area (Å²) < 4.78 is 0. The number of nitrogens with zero attached hydrogens (tertiary/aromatic N) is 1. The fraction of sp³-hybridized carbons (Fsp3) is 0.667. The Morgan fingerprint density at radius 1 is 1.67 bits per heavy atom. The van der Waals surface area contributed by atoms with Crippen LogP contribution in [0.15, 0.2) is 0 Å². The molecule has 0 aromatic rings. The molecule has 0 aromatic carbocycles. The first-order valence-electron chi connectivity index (χ1n) is 4.87. The van der Waals surface area contributed by atoms with Crippen LogP contribution in [-0.2, 0) is 14.4 Å². The fourth-order valence-electron chi connectivity index (χ4n) is 1.37. The summed E-state index contributed by atoms with van der Waals surface area (Å²) >= 11 is 0. The second-order valence-electron chi connectivity index (χ2n) is 3.57. The molecular weight excluding hydrogens is 198 g/mol. The minimum absolute atomic E-state index is 0.0978. The van der Waals surface area contributed by atoms with Gasteiger partial charge in [-0.05, 0) is 13.3 Å². The Kier molecular flexibility index (Phi) is 3.41. The summed E-state index contributed by atoms with van der Waals surface area (Å²) in [5, 5.41) is 2.16. The van der Waals surface area contributed by atoms with Crippen molar-refractivity contribution in [3.63, 3.8) is 0 Å². The van der Waals surface area contributed by atoms with Crippen LogP contribution in [0, 0.1) is 0 Å². The number of rotatable bonds is 2. The van der Waals surface area contributed by atoms with E-state index in [0.29, 0.717) is 6.42 Å². The quantitative estimate of drug-likeness (QED) is 0.552. The third-order valence-corrected chi connectivity index (χ3v) is 2.46. The van der Waals surface area contributed by atoms with Crippen LogP contribution in [0.4, 0.5) is 0 Å². The minimum atomic E-state index is -0.647. The topological polar surface area (TPSA) is 92.5 Å². The number of hydrogen-bond acceptors (Lipinski definition) is 4. The van der Waals surface area contributed by atoms with Gasteiger partial charge >= 0.3 is 0 Å². The molecule has 0 aliphatic carbocycles. The van der Waals surface area contributed by atoms with Crippen molar-refractivity contribution in [2.45, 2.75) is 32.4 Å². The van der Waals surface area contributed by atoms with Crippen LogP contribution in [0.25, 0.3) is 0 Å². The van der Waals surface area contributed by atoms with Crippen molar-refractivity contribution in [1.82, 2.24) is 10.2 Å². The first-order chi connectivity index (χ1) is 6.97. The zero-order valence-corrected chi connectivity index (χ0v) is 8.82. The molecule has 1 fully saturated rings. The van der Waals surface area contributed by atoms with Crippen LogP contribution < -0.4 is 11.1 Å². The molecule has 3 N–H and O–H groups in total. The van der Waals surface area contributed by atoms with Crippen LogP contribution in [0.5, 0.6) is 0 Å². The van der Waals surface area contributed by atoms with Crippen LogP contribution in [0.2, 0.25) is 0 Å². The summed E-state index contributed by atoms with van der Waals surface area (Å²) in [6.07, 6.45) is 0.484. The lowest BCUT2D eigenvalue weighted by molar-refractivity contribution is -0.150. The standard InChI is InChI=1S/C9H15N3O3/c1-3-6(10)9(15)12-4-7(13)11-8(14)5(12)2/h5-6H,3-4,10H2,1-2H3,(H,11,13,14)/t5?,6-/m1/s1. The third-order valence-electron chi connectivity index (χ3n) is 2.46. The van der Waals surface area contributed by atoms with Crippen molar-refractivity contribution in [3.05, 3.63) is 0 Å². The maximum Gasteiger partial charge on any atom is 0.249 e. The molecule has 0 radical (unpaired) electrons. The van der Waals surface area contributed by atoms with Crippen molar-refractivity contribution >= 4 is 17.7 Å². The maximum atomic E-state index is 11.7. The van der Waals surface area contributed by atoms with Gasteiger partial charge in [0.2, 0.25) is 17.7 Å². The van der Waals surface area contributed by atoms with Crippen molar-refractivity contribution < 1.29 is 14.4 Å². The van der Waals surface area contributed by atoms with Gasteiger partial charge < -0.3 is 10.6 Å². The van der Waals surface area contributed by atoms with Crippen LogP contribution in [-0.4, -0.2) is 41.2 Å².